The van der Waals surface area contributed by atoms with Crippen molar-refractivity contribution in [2.75, 3.05) is 17.2 Å². The summed E-state index contributed by atoms with van der Waals surface area (Å²) in [5.74, 6) is 2.05. The van der Waals surface area contributed by atoms with E-state index in [1.165, 1.54) is 6.07 Å². The summed E-state index contributed by atoms with van der Waals surface area (Å²) in [6, 6.07) is 6.69. The Labute approximate surface area is 132 Å². The van der Waals surface area contributed by atoms with Gasteiger partial charge in [0.1, 0.15) is 23.3 Å². The van der Waals surface area contributed by atoms with E-state index in [1.54, 1.807) is 12.1 Å². The molecule has 112 valence electrons. The molecule has 0 spiro atoms. The molecule has 1 heterocycles. The maximum atomic E-state index is 13.6. The fraction of sp³-hybridized carbons (Fsp3) is 0.333. The molecule has 6 heteroatoms. The van der Waals surface area contributed by atoms with Gasteiger partial charge in [0.05, 0.1) is 4.47 Å². The molecule has 2 N–H and O–H groups in total. The van der Waals surface area contributed by atoms with Gasteiger partial charge in [-0.05, 0) is 41.1 Å². The minimum absolute atomic E-state index is 0.214. The maximum absolute atomic E-state index is 13.6. The first-order chi connectivity index (χ1) is 9.99. The van der Waals surface area contributed by atoms with Crippen LogP contribution >= 0.6 is 15.9 Å². The van der Waals surface area contributed by atoms with E-state index in [0.29, 0.717) is 16.0 Å². The minimum Gasteiger partial charge on any atom is -0.370 e. The van der Waals surface area contributed by atoms with Crippen LogP contribution in [0.25, 0.3) is 0 Å². The number of rotatable bonds is 5. The number of hydrogen-bond donors (Lipinski definition) is 2. The summed E-state index contributed by atoms with van der Waals surface area (Å²) < 4.78 is 14.0. The van der Waals surface area contributed by atoms with Gasteiger partial charge in [-0.3, -0.25) is 0 Å². The molecule has 0 aliphatic heterocycles. The molecule has 0 unspecified atom stereocenters. The van der Waals surface area contributed by atoms with E-state index in [9.17, 15) is 4.39 Å². The Bertz CT molecular complexity index is 631. The lowest BCUT2D eigenvalue weighted by Crippen LogP contribution is -2.07. The van der Waals surface area contributed by atoms with Gasteiger partial charge in [-0.2, -0.15) is 0 Å². The zero-order chi connectivity index (χ0) is 15.4. The normalized spacial score (nSPS) is 10.8. The average Bonchev–Trinajstić information content (AvgIpc) is 2.43. The Morgan fingerprint density at radius 3 is 2.52 bits per heavy atom. The van der Waals surface area contributed by atoms with E-state index >= 15 is 0 Å². The number of halogens is 2. The molecule has 0 saturated heterocycles. The van der Waals surface area contributed by atoms with E-state index in [2.05, 4.69) is 36.5 Å². The average molecular weight is 353 g/mol. The number of hydrogen-bond acceptors (Lipinski definition) is 4. The standard InChI is InChI=1S/C15H18BrFN4/c1-4-18-13-8-14(21-15(20-13)9(2)3)19-10-5-6-11(16)12(17)7-10/h5-9H,4H2,1-3H3,(H2,18,19,20,21). The fourth-order valence-electron chi connectivity index (χ4n) is 1.78. The topological polar surface area (TPSA) is 49.8 Å². The molecule has 1 aromatic carbocycles. The molecule has 0 amide bonds. The van der Waals surface area contributed by atoms with Gasteiger partial charge in [-0.25, -0.2) is 14.4 Å². The highest BCUT2D eigenvalue weighted by Crippen LogP contribution is 2.23. The largest absolute Gasteiger partial charge is 0.370 e. The van der Waals surface area contributed by atoms with Gasteiger partial charge in [0.25, 0.3) is 0 Å². The first-order valence-corrected chi connectivity index (χ1v) is 7.63. The molecule has 0 aliphatic rings. The highest BCUT2D eigenvalue weighted by molar-refractivity contribution is 9.10. The summed E-state index contributed by atoms with van der Waals surface area (Å²) in [5, 5.41) is 6.29. The Morgan fingerprint density at radius 1 is 1.19 bits per heavy atom. The first kappa shape index (κ1) is 15.7. The van der Waals surface area contributed by atoms with Gasteiger partial charge < -0.3 is 10.6 Å². The Hall–Kier alpha value is -1.69. The first-order valence-electron chi connectivity index (χ1n) is 6.84. The van der Waals surface area contributed by atoms with E-state index in [-0.39, 0.29) is 11.7 Å². The second-order valence-electron chi connectivity index (χ2n) is 4.94. The molecule has 0 radical (unpaired) electrons. The van der Waals surface area contributed by atoms with Crippen LogP contribution in [-0.2, 0) is 0 Å². The molecule has 4 nitrogen and oxygen atoms in total. The molecule has 2 rings (SSSR count). The number of nitrogens with zero attached hydrogens (tertiary/aromatic N) is 2. The predicted molar refractivity (Wildman–Crippen MR) is 87.7 cm³/mol. The third kappa shape index (κ3) is 4.14. The second kappa shape index (κ2) is 6.85. The van der Waals surface area contributed by atoms with E-state index in [1.807, 2.05) is 26.8 Å². The molecule has 0 saturated carbocycles. The summed E-state index contributed by atoms with van der Waals surface area (Å²) >= 11 is 3.14. The lowest BCUT2D eigenvalue weighted by atomic mass is 10.2. The van der Waals surface area contributed by atoms with Crippen molar-refractivity contribution in [3.63, 3.8) is 0 Å². The van der Waals surface area contributed by atoms with Gasteiger partial charge in [-0.1, -0.05) is 13.8 Å². The van der Waals surface area contributed by atoms with Crippen molar-refractivity contribution in [1.82, 2.24) is 9.97 Å². The van der Waals surface area contributed by atoms with Gasteiger partial charge in [0.15, 0.2) is 0 Å². The van der Waals surface area contributed by atoms with Crippen LogP contribution in [0.5, 0.6) is 0 Å². The Morgan fingerprint density at radius 2 is 1.90 bits per heavy atom. The maximum Gasteiger partial charge on any atom is 0.139 e. The second-order valence-corrected chi connectivity index (χ2v) is 5.79. The van der Waals surface area contributed by atoms with Crippen molar-refractivity contribution in [2.45, 2.75) is 26.7 Å². The SMILES string of the molecule is CCNc1cc(Nc2ccc(Br)c(F)c2)nc(C(C)C)n1. The van der Waals surface area contributed by atoms with Crippen LogP contribution in [-0.4, -0.2) is 16.5 Å². The van der Waals surface area contributed by atoms with Crippen molar-refractivity contribution in [1.29, 1.82) is 0 Å². The third-order valence-corrected chi connectivity index (χ3v) is 3.45. The highest BCUT2D eigenvalue weighted by Gasteiger charge is 2.09. The van der Waals surface area contributed by atoms with Gasteiger partial charge in [0.2, 0.25) is 0 Å². The van der Waals surface area contributed by atoms with Crippen LogP contribution in [0.1, 0.15) is 32.5 Å². The lowest BCUT2D eigenvalue weighted by molar-refractivity contribution is 0.622. The van der Waals surface area contributed by atoms with Gasteiger partial charge in [0, 0.05) is 24.2 Å². The number of benzene rings is 1. The zero-order valence-corrected chi connectivity index (χ0v) is 13.8. The highest BCUT2D eigenvalue weighted by atomic mass is 79.9. The van der Waals surface area contributed by atoms with E-state index in [4.69, 9.17) is 0 Å². The molecule has 0 bridgehead atoms. The minimum atomic E-state index is -0.315. The van der Waals surface area contributed by atoms with Crippen LogP contribution < -0.4 is 10.6 Å². The number of nitrogens with one attached hydrogen (secondary N) is 2. The summed E-state index contributed by atoms with van der Waals surface area (Å²) in [4.78, 5) is 8.92. The number of aromatic nitrogens is 2. The number of anilines is 3. The van der Waals surface area contributed by atoms with Crippen LogP contribution in [0.2, 0.25) is 0 Å². The molecule has 0 atom stereocenters. The third-order valence-electron chi connectivity index (χ3n) is 2.81. The van der Waals surface area contributed by atoms with Crippen molar-refractivity contribution >= 4 is 33.3 Å². The molecule has 21 heavy (non-hydrogen) atoms. The van der Waals surface area contributed by atoms with Crippen LogP contribution in [0.4, 0.5) is 21.7 Å². The van der Waals surface area contributed by atoms with Crippen molar-refractivity contribution in [2.24, 2.45) is 0 Å². The summed E-state index contributed by atoms with van der Waals surface area (Å²) in [6.45, 7) is 6.86. The molecule has 2 aromatic rings. The zero-order valence-electron chi connectivity index (χ0n) is 12.2. The molecule has 0 fully saturated rings. The van der Waals surface area contributed by atoms with Crippen LogP contribution in [0, 0.1) is 5.82 Å². The fourth-order valence-corrected chi connectivity index (χ4v) is 2.03. The van der Waals surface area contributed by atoms with Crippen molar-refractivity contribution in [3.8, 4) is 0 Å². The van der Waals surface area contributed by atoms with Crippen molar-refractivity contribution in [3.05, 3.63) is 40.4 Å². The van der Waals surface area contributed by atoms with E-state index < -0.39 is 0 Å². The lowest BCUT2D eigenvalue weighted by Gasteiger charge is -2.12. The molecular formula is C15H18BrFN4. The molecular weight excluding hydrogens is 335 g/mol. The quantitative estimate of drug-likeness (QED) is 0.820. The summed E-state index contributed by atoms with van der Waals surface area (Å²) in [5.41, 5.74) is 0.645. The Balaban J connectivity index is 2.31. The molecule has 0 aliphatic carbocycles. The van der Waals surface area contributed by atoms with E-state index in [0.717, 1.165) is 18.2 Å². The van der Waals surface area contributed by atoms with Gasteiger partial charge in [-0.15, -0.1) is 0 Å². The van der Waals surface area contributed by atoms with Crippen LogP contribution in [0.15, 0.2) is 28.7 Å². The van der Waals surface area contributed by atoms with Crippen LogP contribution in [0.3, 0.4) is 0 Å². The predicted octanol–water partition coefficient (Wildman–Crippen LogP) is 4.68. The molecule has 1 aromatic heterocycles. The monoisotopic (exact) mass is 352 g/mol. The van der Waals surface area contributed by atoms with Gasteiger partial charge >= 0.3 is 0 Å². The Kier molecular flexibility index (Phi) is 5.12. The summed E-state index contributed by atoms with van der Waals surface area (Å²) in [7, 11) is 0. The summed E-state index contributed by atoms with van der Waals surface area (Å²) in [6.07, 6.45) is 0. The smallest absolute Gasteiger partial charge is 0.139 e. The van der Waals surface area contributed by atoms with Crippen molar-refractivity contribution < 1.29 is 4.39 Å².